The van der Waals surface area contributed by atoms with Crippen LogP contribution in [0.15, 0.2) is 16.9 Å². The molecule has 2 aliphatic carbocycles. The lowest BCUT2D eigenvalue weighted by molar-refractivity contribution is 0.296. The summed E-state index contributed by atoms with van der Waals surface area (Å²) in [5, 5.41) is 3.87. The smallest absolute Gasteiger partial charge is 0.248 e. The Morgan fingerprint density at radius 1 is 1.10 bits per heavy atom. The normalized spacial score (nSPS) is 25.1. The summed E-state index contributed by atoms with van der Waals surface area (Å²) in [6.07, 6.45) is 11.7. The first-order valence-electron chi connectivity index (χ1n) is 8.72. The minimum Gasteiger partial charge on any atom is -0.326 e. The first kappa shape index (κ1) is 14.8. The van der Waals surface area contributed by atoms with E-state index in [0.29, 0.717) is 12.1 Å². The van der Waals surface area contributed by atoms with Gasteiger partial charge in [-0.05, 0) is 50.5 Å². The molecule has 0 radical (unpaired) electrons. The van der Waals surface area contributed by atoms with E-state index in [1.165, 1.54) is 56.9 Å². The molecule has 2 N–H and O–H groups in total. The number of fused-ring (bicyclic) bond motifs is 1. The third-order valence-corrected chi connectivity index (χ3v) is 5.40. The van der Waals surface area contributed by atoms with Crippen molar-refractivity contribution in [3.05, 3.63) is 33.7 Å². The molecule has 3 nitrogen and oxygen atoms in total. The summed E-state index contributed by atoms with van der Waals surface area (Å²) in [5.41, 5.74) is 2.51. The topological polar surface area (TPSA) is 44.9 Å². The van der Waals surface area contributed by atoms with Crippen LogP contribution in [0.5, 0.6) is 0 Å². The number of H-pyrrole nitrogens is 1. The summed E-state index contributed by atoms with van der Waals surface area (Å²) in [6.45, 7) is 2.36. The predicted molar refractivity (Wildman–Crippen MR) is 86.5 cm³/mol. The Morgan fingerprint density at radius 3 is 2.62 bits per heavy atom. The molecule has 1 aromatic heterocycles. The molecule has 0 aliphatic heterocycles. The number of rotatable bonds is 3. The Hall–Kier alpha value is -1.09. The van der Waals surface area contributed by atoms with Crippen molar-refractivity contribution in [2.24, 2.45) is 5.92 Å². The van der Waals surface area contributed by atoms with Crippen LogP contribution in [0.25, 0.3) is 0 Å². The molecule has 0 bridgehead atoms. The number of pyridine rings is 1. The van der Waals surface area contributed by atoms with Crippen molar-refractivity contribution in [3.8, 4) is 0 Å². The molecule has 0 aromatic carbocycles. The van der Waals surface area contributed by atoms with Gasteiger partial charge in [-0.25, -0.2) is 0 Å². The average molecular weight is 288 g/mol. The first-order valence-corrected chi connectivity index (χ1v) is 8.72. The Labute approximate surface area is 127 Å². The van der Waals surface area contributed by atoms with Crippen molar-refractivity contribution in [2.75, 3.05) is 0 Å². The van der Waals surface area contributed by atoms with Gasteiger partial charge in [0.05, 0.1) is 0 Å². The van der Waals surface area contributed by atoms with Gasteiger partial charge in [-0.3, -0.25) is 4.79 Å². The minimum atomic E-state index is 0.0335. The molecule has 0 saturated heterocycles. The van der Waals surface area contributed by atoms with Gasteiger partial charge in [-0.1, -0.05) is 31.7 Å². The molecule has 1 saturated carbocycles. The van der Waals surface area contributed by atoms with Crippen LogP contribution >= 0.6 is 0 Å². The number of aromatic nitrogens is 1. The lowest BCUT2D eigenvalue weighted by Crippen LogP contribution is -2.38. The Bertz CT molecular complexity index is 514. The maximum Gasteiger partial charge on any atom is 0.248 e. The summed E-state index contributed by atoms with van der Waals surface area (Å²) < 4.78 is 0. The molecular formula is C18H28N2O. The highest BCUT2D eigenvalue weighted by molar-refractivity contribution is 5.26. The zero-order valence-corrected chi connectivity index (χ0v) is 13.2. The van der Waals surface area contributed by atoms with Crippen LogP contribution in [0.4, 0.5) is 0 Å². The standard InChI is InChI=1S/C18H28N2O/c1-13(14-7-4-2-3-5-8-14)19-16-9-6-10-17-15(16)11-12-18(21)20-17/h11-14,16,19H,2-10H2,1H3,(H,20,21)/t13-,16?/m1/s1. The van der Waals surface area contributed by atoms with Crippen LogP contribution in [-0.2, 0) is 6.42 Å². The molecule has 116 valence electrons. The monoisotopic (exact) mass is 288 g/mol. The van der Waals surface area contributed by atoms with E-state index < -0.39 is 0 Å². The molecule has 1 fully saturated rings. The van der Waals surface area contributed by atoms with E-state index in [1.807, 2.05) is 6.07 Å². The summed E-state index contributed by atoms with van der Waals surface area (Å²) in [4.78, 5) is 14.5. The van der Waals surface area contributed by atoms with Crippen molar-refractivity contribution >= 4 is 0 Å². The second-order valence-electron chi connectivity index (χ2n) is 6.91. The predicted octanol–water partition coefficient (Wildman–Crippen LogP) is 3.70. The second-order valence-corrected chi connectivity index (χ2v) is 6.91. The third kappa shape index (κ3) is 3.57. The van der Waals surface area contributed by atoms with Gasteiger partial charge in [-0.15, -0.1) is 0 Å². The average Bonchev–Trinajstić information content (AvgIpc) is 2.76. The third-order valence-electron chi connectivity index (χ3n) is 5.40. The van der Waals surface area contributed by atoms with Gasteiger partial charge in [0, 0.05) is 23.8 Å². The summed E-state index contributed by atoms with van der Waals surface area (Å²) >= 11 is 0. The van der Waals surface area contributed by atoms with Gasteiger partial charge < -0.3 is 10.3 Å². The highest BCUT2D eigenvalue weighted by Gasteiger charge is 2.25. The molecule has 21 heavy (non-hydrogen) atoms. The van der Waals surface area contributed by atoms with Crippen molar-refractivity contribution in [1.29, 1.82) is 0 Å². The molecule has 2 aliphatic rings. The number of aromatic amines is 1. The van der Waals surface area contributed by atoms with E-state index in [-0.39, 0.29) is 5.56 Å². The molecule has 0 amide bonds. The van der Waals surface area contributed by atoms with E-state index >= 15 is 0 Å². The lowest BCUT2D eigenvalue weighted by atomic mass is 9.88. The highest BCUT2D eigenvalue weighted by atomic mass is 16.1. The summed E-state index contributed by atoms with van der Waals surface area (Å²) in [7, 11) is 0. The maximum absolute atomic E-state index is 11.5. The van der Waals surface area contributed by atoms with Crippen molar-refractivity contribution < 1.29 is 0 Å². The van der Waals surface area contributed by atoms with Gasteiger partial charge in [0.1, 0.15) is 0 Å². The maximum atomic E-state index is 11.5. The van der Waals surface area contributed by atoms with Gasteiger partial charge in [0.2, 0.25) is 5.56 Å². The van der Waals surface area contributed by atoms with Gasteiger partial charge in [0.25, 0.3) is 0 Å². The molecule has 1 heterocycles. The molecule has 3 heteroatoms. The Kier molecular flexibility index (Phi) is 4.79. The largest absolute Gasteiger partial charge is 0.326 e. The van der Waals surface area contributed by atoms with Crippen LogP contribution < -0.4 is 10.9 Å². The van der Waals surface area contributed by atoms with E-state index in [9.17, 15) is 4.79 Å². The van der Waals surface area contributed by atoms with Crippen LogP contribution in [0.3, 0.4) is 0 Å². The van der Waals surface area contributed by atoms with Crippen LogP contribution in [0.2, 0.25) is 0 Å². The molecule has 0 spiro atoms. The van der Waals surface area contributed by atoms with E-state index in [4.69, 9.17) is 0 Å². The van der Waals surface area contributed by atoms with Crippen LogP contribution in [-0.4, -0.2) is 11.0 Å². The van der Waals surface area contributed by atoms with Crippen molar-refractivity contribution in [2.45, 2.75) is 76.8 Å². The zero-order chi connectivity index (χ0) is 14.7. The van der Waals surface area contributed by atoms with Crippen molar-refractivity contribution in [3.63, 3.8) is 0 Å². The minimum absolute atomic E-state index is 0.0335. The summed E-state index contributed by atoms with van der Waals surface area (Å²) in [5.74, 6) is 0.820. The fraction of sp³-hybridized carbons (Fsp3) is 0.722. The van der Waals surface area contributed by atoms with Gasteiger partial charge in [0.15, 0.2) is 0 Å². The molecule has 3 rings (SSSR count). The lowest BCUT2D eigenvalue weighted by Gasteiger charge is -2.32. The first-order chi connectivity index (χ1) is 10.2. The highest BCUT2D eigenvalue weighted by Crippen LogP contribution is 2.31. The number of hydrogen-bond donors (Lipinski definition) is 2. The van der Waals surface area contributed by atoms with Gasteiger partial charge >= 0.3 is 0 Å². The number of aryl methyl sites for hydroxylation is 1. The van der Waals surface area contributed by atoms with E-state index in [0.717, 1.165) is 18.0 Å². The van der Waals surface area contributed by atoms with Crippen LogP contribution in [0, 0.1) is 5.92 Å². The molecule has 2 atom stereocenters. The molecular weight excluding hydrogens is 260 g/mol. The SMILES string of the molecule is C[C@@H](NC1CCCc2[nH]c(=O)ccc21)C1CCCCCC1. The summed E-state index contributed by atoms with van der Waals surface area (Å²) in [6, 6.07) is 4.70. The van der Waals surface area contributed by atoms with E-state index in [1.54, 1.807) is 6.07 Å². The van der Waals surface area contributed by atoms with Gasteiger partial charge in [-0.2, -0.15) is 0 Å². The fourth-order valence-corrected chi connectivity index (χ4v) is 4.14. The molecule has 1 aromatic rings. The molecule has 1 unspecified atom stereocenters. The van der Waals surface area contributed by atoms with E-state index in [2.05, 4.69) is 17.2 Å². The second kappa shape index (κ2) is 6.78. The Balaban J connectivity index is 1.69. The van der Waals surface area contributed by atoms with Crippen LogP contribution in [0.1, 0.15) is 75.6 Å². The number of nitrogens with one attached hydrogen (secondary N) is 2. The fourth-order valence-electron chi connectivity index (χ4n) is 4.14. The Morgan fingerprint density at radius 2 is 1.86 bits per heavy atom. The zero-order valence-electron chi connectivity index (χ0n) is 13.2. The van der Waals surface area contributed by atoms with Crippen molar-refractivity contribution in [1.82, 2.24) is 10.3 Å². The number of hydrogen-bond acceptors (Lipinski definition) is 2. The quantitative estimate of drug-likeness (QED) is 0.833.